The van der Waals surface area contributed by atoms with E-state index in [4.69, 9.17) is 0 Å². The average Bonchev–Trinajstić information content (AvgIpc) is 3.10. The van der Waals surface area contributed by atoms with Crippen molar-refractivity contribution >= 4 is 11.7 Å². The van der Waals surface area contributed by atoms with Crippen molar-refractivity contribution in [2.75, 3.05) is 5.32 Å². The fourth-order valence-corrected chi connectivity index (χ4v) is 4.71. The van der Waals surface area contributed by atoms with Crippen LogP contribution in [-0.4, -0.2) is 15.2 Å². The minimum atomic E-state index is -0.417. The molecule has 0 saturated carbocycles. The smallest absolute Gasteiger partial charge is 0.306 e. The summed E-state index contributed by atoms with van der Waals surface area (Å²) in [6, 6.07) is 17.6. The molecule has 3 aromatic carbocycles. The predicted molar refractivity (Wildman–Crippen MR) is 135 cm³/mol. The summed E-state index contributed by atoms with van der Waals surface area (Å²) in [5.41, 5.74) is 10.3. The molecule has 5 heteroatoms. The number of nitrogens with zero attached hydrogens (tertiary/aromatic N) is 3. The van der Waals surface area contributed by atoms with Gasteiger partial charge in [0.2, 0.25) is 5.62 Å². The third-order valence-electron chi connectivity index (χ3n) is 5.77. The summed E-state index contributed by atoms with van der Waals surface area (Å²) in [5, 5.41) is 2.88. The van der Waals surface area contributed by atoms with Gasteiger partial charge >= 0.3 is 6.03 Å². The van der Waals surface area contributed by atoms with Crippen molar-refractivity contribution in [2.45, 2.75) is 41.5 Å². The number of aryl methyl sites for hydroxylation is 6. The van der Waals surface area contributed by atoms with Gasteiger partial charge in [0.25, 0.3) is 0 Å². The maximum absolute atomic E-state index is 13.0. The molecular weight excluding hydrogens is 408 g/mol. The van der Waals surface area contributed by atoms with E-state index in [0.717, 1.165) is 33.6 Å². The molecule has 0 fully saturated rings. The second-order valence-corrected chi connectivity index (χ2v) is 8.74. The second kappa shape index (κ2) is 8.94. The number of aromatic nitrogens is 2. The molecule has 0 aliphatic rings. The molecule has 1 heterocycles. The topological polar surface area (TPSA) is 51.3 Å². The van der Waals surface area contributed by atoms with Crippen LogP contribution in [0.3, 0.4) is 0 Å². The Kier molecular flexibility index (Phi) is 6.05. The molecule has 0 aliphatic heterocycles. The Balaban J connectivity index is 1.96. The van der Waals surface area contributed by atoms with Crippen molar-refractivity contribution in [3.63, 3.8) is 0 Å². The highest BCUT2D eigenvalue weighted by Crippen LogP contribution is 2.23. The Morgan fingerprint density at radius 1 is 0.697 bits per heavy atom. The molecule has 1 N–H and O–H groups in total. The van der Waals surface area contributed by atoms with Gasteiger partial charge in [0.15, 0.2) is 0 Å². The highest BCUT2D eigenvalue weighted by atomic mass is 16.2. The minimum Gasteiger partial charge on any atom is -0.306 e. The standard InChI is InChI=1S/C28H30N4O/c1-18-14-20(3)25(21(4)15-18)31-12-13-32(26-22(5)16-19(2)17-23(26)6)28(31)30-27(33)29-24-10-8-7-9-11-24/h7-17H,1-6H3,(H,29,33). The van der Waals surface area contributed by atoms with Gasteiger partial charge in [-0.15, -0.1) is 0 Å². The zero-order valence-corrected chi connectivity index (χ0v) is 20.1. The van der Waals surface area contributed by atoms with E-state index in [-0.39, 0.29) is 0 Å². The molecule has 0 aliphatic carbocycles. The monoisotopic (exact) mass is 438 g/mol. The third kappa shape index (κ3) is 4.53. The zero-order chi connectivity index (χ0) is 23.7. The van der Waals surface area contributed by atoms with Gasteiger partial charge in [-0.1, -0.05) is 53.6 Å². The fourth-order valence-electron chi connectivity index (χ4n) is 4.71. The van der Waals surface area contributed by atoms with Gasteiger partial charge in [0.05, 0.1) is 11.4 Å². The van der Waals surface area contributed by atoms with Crippen LogP contribution in [0.5, 0.6) is 0 Å². The number of para-hydroxylation sites is 1. The Hall–Kier alpha value is -3.86. The number of amides is 2. The highest BCUT2D eigenvalue weighted by molar-refractivity contribution is 5.89. The number of anilines is 1. The first-order valence-electron chi connectivity index (χ1n) is 11.1. The molecular formula is C28H30N4O. The molecule has 0 atom stereocenters. The Morgan fingerprint density at radius 3 is 1.55 bits per heavy atom. The number of carbonyl (C=O) groups is 1. The van der Waals surface area contributed by atoms with Crippen molar-refractivity contribution in [2.24, 2.45) is 4.99 Å². The van der Waals surface area contributed by atoms with Gasteiger partial charge in [0, 0.05) is 18.1 Å². The summed E-state index contributed by atoms with van der Waals surface area (Å²) in [4.78, 5) is 17.5. The minimum absolute atomic E-state index is 0.417. The first kappa shape index (κ1) is 22.3. The Morgan fingerprint density at radius 2 is 1.12 bits per heavy atom. The first-order valence-corrected chi connectivity index (χ1v) is 11.1. The molecule has 168 valence electrons. The van der Waals surface area contributed by atoms with Gasteiger partial charge in [-0.25, -0.2) is 4.79 Å². The van der Waals surface area contributed by atoms with E-state index in [2.05, 4.69) is 76.1 Å². The molecule has 33 heavy (non-hydrogen) atoms. The first-order chi connectivity index (χ1) is 15.7. The largest absolute Gasteiger partial charge is 0.348 e. The number of carbonyl (C=O) groups excluding carboxylic acids is 1. The van der Waals surface area contributed by atoms with Gasteiger partial charge in [-0.2, -0.15) is 4.99 Å². The summed E-state index contributed by atoms with van der Waals surface area (Å²) < 4.78 is 4.01. The van der Waals surface area contributed by atoms with Crippen LogP contribution in [0.2, 0.25) is 0 Å². The molecule has 0 unspecified atom stereocenters. The molecule has 0 saturated heterocycles. The lowest BCUT2D eigenvalue weighted by atomic mass is 10.0. The van der Waals surface area contributed by atoms with Crippen molar-refractivity contribution in [1.29, 1.82) is 0 Å². The van der Waals surface area contributed by atoms with Gasteiger partial charge in [-0.05, 0) is 75.9 Å². The molecule has 5 nitrogen and oxygen atoms in total. The average molecular weight is 439 g/mol. The van der Waals surface area contributed by atoms with Crippen molar-refractivity contribution in [3.05, 3.63) is 106 Å². The van der Waals surface area contributed by atoms with E-state index in [1.165, 1.54) is 11.1 Å². The second-order valence-electron chi connectivity index (χ2n) is 8.74. The Labute approximate surface area is 195 Å². The number of urea groups is 1. The van der Waals surface area contributed by atoms with Crippen LogP contribution in [0.1, 0.15) is 33.4 Å². The zero-order valence-electron chi connectivity index (χ0n) is 20.1. The third-order valence-corrected chi connectivity index (χ3v) is 5.77. The number of rotatable bonds is 3. The van der Waals surface area contributed by atoms with E-state index in [0.29, 0.717) is 11.3 Å². The number of hydrogen-bond acceptors (Lipinski definition) is 1. The number of imidazole rings is 1. The van der Waals surface area contributed by atoms with Crippen LogP contribution in [0.15, 0.2) is 72.0 Å². The lowest BCUT2D eigenvalue weighted by Gasteiger charge is -2.15. The van der Waals surface area contributed by atoms with E-state index in [1.807, 2.05) is 51.9 Å². The van der Waals surface area contributed by atoms with Crippen LogP contribution in [0, 0.1) is 41.5 Å². The molecule has 4 rings (SSSR count). The Bertz CT molecular complexity index is 1280. The number of nitrogens with one attached hydrogen (secondary N) is 1. The number of hydrogen-bond donors (Lipinski definition) is 1. The van der Waals surface area contributed by atoms with Gasteiger partial charge in [-0.3, -0.25) is 9.13 Å². The summed E-state index contributed by atoms with van der Waals surface area (Å²) in [5.74, 6) is 0. The van der Waals surface area contributed by atoms with Crippen molar-refractivity contribution in [3.8, 4) is 11.4 Å². The molecule has 0 radical (unpaired) electrons. The van der Waals surface area contributed by atoms with Crippen molar-refractivity contribution < 1.29 is 4.79 Å². The SMILES string of the molecule is Cc1cc(C)c(-n2ccn(-c3c(C)cc(C)cc3C)c2=NC(=O)Nc2ccccc2)c(C)c1. The quantitative estimate of drug-likeness (QED) is 0.404. The lowest BCUT2D eigenvalue weighted by Crippen LogP contribution is -2.28. The van der Waals surface area contributed by atoms with E-state index >= 15 is 0 Å². The van der Waals surface area contributed by atoms with E-state index in [1.54, 1.807) is 0 Å². The number of benzene rings is 3. The molecule has 0 bridgehead atoms. The molecule has 2 amide bonds. The van der Waals surface area contributed by atoms with E-state index in [9.17, 15) is 4.79 Å². The normalized spacial score (nSPS) is 10.8. The highest BCUT2D eigenvalue weighted by Gasteiger charge is 2.15. The fraction of sp³-hybridized carbons (Fsp3) is 0.214. The van der Waals surface area contributed by atoms with Crippen LogP contribution in [0.4, 0.5) is 10.5 Å². The van der Waals surface area contributed by atoms with Crippen LogP contribution >= 0.6 is 0 Å². The summed E-state index contributed by atoms with van der Waals surface area (Å²) in [6.07, 6.45) is 3.97. The van der Waals surface area contributed by atoms with Gasteiger partial charge < -0.3 is 5.32 Å². The summed E-state index contributed by atoms with van der Waals surface area (Å²) in [7, 11) is 0. The van der Waals surface area contributed by atoms with Crippen molar-refractivity contribution in [1.82, 2.24) is 9.13 Å². The van der Waals surface area contributed by atoms with E-state index < -0.39 is 6.03 Å². The molecule has 0 spiro atoms. The van der Waals surface area contributed by atoms with Crippen LogP contribution in [-0.2, 0) is 0 Å². The van der Waals surface area contributed by atoms with Gasteiger partial charge in [0.1, 0.15) is 0 Å². The van der Waals surface area contributed by atoms with Crippen LogP contribution in [0.25, 0.3) is 11.4 Å². The molecule has 4 aromatic rings. The summed E-state index contributed by atoms with van der Waals surface area (Å²) >= 11 is 0. The van der Waals surface area contributed by atoms with Crippen LogP contribution < -0.4 is 10.9 Å². The maximum atomic E-state index is 13.0. The molecule has 1 aromatic heterocycles. The predicted octanol–water partition coefficient (Wildman–Crippen LogP) is 6.25. The maximum Gasteiger partial charge on any atom is 0.348 e. The lowest BCUT2D eigenvalue weighted by molar-refractivity contribution is 0.258. The summed E-state index contributed by atoms with van der Waals surface area (Å²) in [6.45, 7) is 12.6.